The molecule has 0 atom stereocenters. The summed E-state index contributed by atoms with van der Waals surface area (Å²) in [6.45, 7) is 0.367. The number of nitrogens with one attached hydrogen (secondary N) is 2. The average Bonchev–Trinajstić information content (AvgIpc) is 3.31. The van der Waals surface area contributed by atoms with Crippen molar-refractivity contribution in [2.75, 3.05) is 0 Å². The Morgan fingerprint density at radius 1 is 1.15 bits per heavy atom. The van der Waals surface area contributed by atoms with Crippen LogP contribution in [0.25, 0.3) is 6.08 Å². The number of furan rings is 1. The normalized spacial score (nSPS) is 11.2. The van der Waals surface area contributed by atoms with E-state index in [-0.39, 0.29) is 11.6 Å². The van der Waals surface area contributed by atoms with Gasteiger partial charge in [0.1, 0.15) is 11.5 Å². The second kappa shape index (κ2) is 8.64. The Morgan fingerprint density at radius 2 is 1.96 bits per heavy atom. The molecule has 3 rings (SSSR count). The molecule has 0 aliphatic carbocycles. The average molecular weight is 431 g/mol. The lowest BCUT2D eigenvalue weighted by Crippen LogP contribution is -2.34. The number of hydrogen-bond acceptors (Lipinski definition) is 4. The van der Waals surface area contributed by atoms with Gasteiger partial charge in [0.15, 0.2) is 0 Å². The van der Waals surface area contributed by atoms with Crippen LogP contribution in [0.2, 0.25) is 0 Å². The lowest BCUT2D eigenvalue weighted by molar-refractivity contribution is -0.117. The van der Waals surface area contributed by atoms with Gasteiger partial charge < -0.3 is 15.1 Å². The van der Waals surface area contributed by atoms with Crippen molar-refractivity contribution in [3.05, 3.63) is 86.5 Å². The zero-order valence-electron chi connectivity index (χ0n) is 13.6. The Balaban J connectivity index is 1.74. The third-order valence-corrected chi connectivity index (χ3v) is 5.10. The van der Waals surface area contributed by atoms with Crippen molar-refractivity contribution in [3.8, 4) is 0 Å². The molecule has 0 saturated carbocycles. The van der Waals surface area contributed by atoms with Crippen LogP contribution < -0.4 is 10.6 Å². The van der Waals surface area contributed by atoms with Gasteiger partial charge >= 0.3 is 0 Å². The quantitative estimate of drug-likeness (QED) is 0.575. The van der Waals surface area contributed by atoms with Gasteiger partial charge in [0.25, 0.3) is 11.8 Å². The molecule has 2 heterocycles. The zero-order chi connectivity index (χ0) is 18.4. The topological polar surface area (TPSA) is 71.3 Å². The number of carbonyl (C=O) groups excluding carboxylic acids is 2. The highest BCUT2D eigenvalue weighted by atomic mass is 79.9. The van der Waals surface area contributed by atoms with E-state index in [2.05, 4.69) is 26.6 Å². The maximum absolute atomic E-state index is 12.6. The lowest BCUT2D eigenvalue weighted by atomic mass is 10.2. The molecule has 3 aromatic rings. The number of halogens is 1. The van der Waals surface area contributed by atoms with E-state index in [9.17, 15) is 9.59 Å². The number of hydrogen-bond donors (Lipinski definition) is 2. The van der Waals surface area contributed by atoms with Crippen LogP contribution in [0.4, 0.5) is 0 Å². The molecular weight excluding hydrogens is 416 g/mol. The third kappa shape index (κ3) is 4.93. The maximum atomic E-state index is 12.6. The van der Waals surface area contributed by atoms with E-state index < -0.39 is 5.91 Å². The zero-order valence-corrected chi connectivity index (χ0v) is 16.0. The highest BCUT2D eigenvalue weighted by molar-refractivity contribution is 9.10. The van der Waals surface area contributed by atoms with Crippen molar-refractivity contribution in [1.29, 1.82) is 0 Å². The minimum absolute atomic E-state index is 0.115. The van der Waals surface area contributed by atoms with E-state index in [0.29, 0.717) is 17.9 Å². The molecule has 2 aromatic heterocycles. The lowest BCUT2D eigenvalue weighted by Gasteiger charge is -2.10. The molecule has 0 aliphatic rings. The second-order valence-electron chi connectivity index (χ2n) is 5.31. The molecule has 0 radical (unpaired) electrons. The molecule has 2 amide bonds. The molecule has 2 N–H and O–H groups in total. The molecule has 26 heavy (non-hydrogen) atoms. The Kier molecular flexibility index (Phi) is 6.04. The van der Waals surface area contributed by atoms with E-state index in [1.807, 2.05) is 17.5 Å². The SMILES string of the molecule is O=C(NCc1cc(Br)cs1)/C(=C/c1ccco1)NC(=O)c1ccccc1. The summed E-state index contributed by atoms with van der Waals surface area (Å²) in [5, 5.41) is 7.41. The molecule has 0 unspecified atom stereocenters. The van der Waals surface area contributed by atoms with Crippen LogP contribution in [-0.2, 0) is 11.3 Å². The molecule has 0 aliphatic heterocycles. The molecule has 1 aromatic carbocycles. The minimum atomic E-state index is -0.393. The summed E-state index contributed by atoms with van der Waals surface area (Å²) in [6.07, 6.45) is 3.00. The van der Waals surface area contributed by atoms with Crippen molar-refractivity contribution in [1.82, 2.24) is 10.6 Å². The Morgan fingerprint density at radius 3 is 2.62 bits per heavy atom. The fraction of sp³-hybridized carbons (Fsp3) is 0.0526. The summed E-state index contributed by atoms with van der Waals surface area (Å²) < 4.78 is 6.22. The van der Waals surface area contributed by atoms with Gasteiger partial charge in [0, 0.05) is 26.4 Å². The fourth-order valence-corrected chi connectivity index (χ4v) is 3.56. The molecular formula is C19H15BrN2O3S. The first-order valence-corrected chi connectivity index (χ1v) is 9.42. The van der Waals surface area contributed by atoms with Gasteiger partial charge in [-0.25, -0.2) is 0 Å². The van der Waals surface area contributed by atoms with Gasteiger partial charge in [0.05, 0.1) is 12.8 Å². The monoisotopic (exact) mass is 430 g/mol. The fourth-order valence-electron chi connectivity index (χ4n) is 2.17. The van der Waals surface area contributed by atoms with Crippen molar-refractivity contribution in [2.45, 2.75) is 6.54 Å². The molecule has 0 bridgehead atoms. The molecule has 0 fully saturated rings. The van der Waals surface area contributed by atoms with Gasteiger partial charge in [0.2, 0.25) is 0 Å². The molecule has 0 spiro atoms. The van der Waals surface area contributed by atoms with E-state index >= 15 is 0 Å². The largest absolute Gasteiger partial charge is 0.465 e. The van der Waals surface area contributed by atoms with Gasteiger partial charge in [-0.2, -0.15) is 0 Å². The van der Waals surface area contributed by atoms with Gasteiger partial charge in [-0.1, -0.05) is 18.2 Å². The van der Waals surface area contributed by atoms with Crippen molar-refractivity contribution < 1.29 is 14.0 Å². The van der Waals surface area contributed by atoms with Crippen LogP contribution >= 0.6 is 27.3 Å². The number of rotatable bonds is 6. The highest BCUT2D eigenvalue weighted by Gasteiger charge is 2.15. The van der Waals surface area contributed by atoms with Crippen LogP contribution in [0.1, 0.15) is 21.0 Å². The van der Waals surface area contributed by atoms with Gasteiger partial charge in [-0.05, 0) is 46.3 Å². The van der Waals surface area contributed by atoms with E-state index in [1.165, 1.54) is 23.7 Å². The number of thiophene rings is 1. The predicted octanol–water partition coefficient (Wildman–Crippen LogP) is 4.19. The van der Waals surface area contributed by atoms with Crippen LogP contribution in [0.5, 0.6) is 0 Å². The van der Waals surface area contributed by atoms with Crippen molar-refractivity contribution in [3.63, 3.8) is 0 Å². The number of carbonyl (C=O) groups is 2. The Hall–Kier alpha value is -2.64. The maximum Gasteiger partial charge on any atom is 0.268 e. The molecule has 0 saturated heterocycles. The van der Waals surface area contributed by atoms with Crippen LogP contribution in [-0.4, -0.2) is 11.8 Å². The summed E-state index contributed by atoms with van der Waals surface area (Å²) in [4.78, 5) is 26.0. The summed E-state index contributed by atoms with van der Waals surface area (Å²) in [5.74, 6) is -0.282. The highest BCUT2D eigenvalue weighted by Crippen LogP contribution is 2.19. The van der Waals surface area contributed by atoms with Gasteiger partial charge in [-0.15, -0.1) is 11.3 Å². The first-order chi connectivity index (χ1) is 12.6. The van der Waals surface area contributed by atoms with Crippen LogP contribution in [0, 0.1) is 0 Å². The number of benzene rings is 1. The van der Waals surface area contributed by atoms with Crippen molar-refractivity contribution >= 4 is 45.2 Å². The molecule has 7 heteroatoms. The minimum Gasteiger partial charge on any atom is -0.465 e. The summed E-state index contributed by atoms with van der Waals surface area (Å²) in [5.41, 5.74) is 0.581. The molecule has 5 nitrogen and oxygen atoms in total. The first-order valence-electron chi connectivity index (χ1n) is 7.74. The summed E-state index contributed by atoms with van der Waals surface area (Å²) in [7, 11) is 0. The summed E-state index contributed by atoms with van der Waals surface area (Å²) in [6, 6.07) is 14.1. The standard InChI is InChI=1S/C19H15BrN2O3S/c20-14-9-16(26-12-14)11-21-19(24)17(10-15-7-4-8-25-15)22-18(23)13-5-2-1-3-6-13/h1-10,12H,11H2,(H,21,24)(H,22,23)/b17-10-. The third-order valence-electron chi connectivity index (χ3n) is 3.40. The van der Waals surface area contributed by atoms with E-state index in [1.54, 1.807) is 36.4 Å². The van der Waals surface area contributed by atoms with Gasteiger partial charge in [-0.3, -0.25) is 9.59 Å². The Bertz CT molecular complexity index is 917. The van der Waals surface area contributed by atoms with Crippen molar-refractivity contribution in [2.24, 2.45) is 0 Å². The molecule has 132 valence electrons. The smallest absolute Gasteiger partial charge is 0.268 e. The van der Waals surface area contributed by atoms with E-state index in [4.69, 9.17) is 4.42 Å². The number of amides is 2. The Labute approximate surface area is 162 Å². The first kappa shape index (κ1) is 18.2. The van der Waals surface area contributed by atoms with Crippen LogP contribution in [0.15, 0.2) is 74.8 Å². The summed E-state index contributed by atoms with van der Waals surface area (Å²) >= 11 is 4.92. The second-order valence-corrected chi connectivity index (χ2v) is 7.22. The van der Waals surface area contributed by atoms with Crippen LogP contribution in [0.3, 0.4) is 0 Å². The predicted molar refractivity (Wildman–Crippen MR) is 104 cm³/mol. The van der Waals surface area contributed by atoms with E-state index in [0.717, 1.165) is 9.35 Å².